The van der Waals surface area contributed by atoms with Crippen LogP contribution in [0.15, 0.2) is 16.6 Å². The second kappa shape index (κ2) is 5.19. The predicted octanol–water partition coefficient (Wildman–Crippen LogP) is 1.60. The van der Waals surface area contributed by atoms with Gasteiger partial charge in [-0.15, -0.1) is 0 Å². The van der Waals surface area contributed by atoms with Gasteiger partial charge in [-0.25, -0.2) is 5.90 Å². The van der Waals surface area contributed by atoms with Gasteiger partial charge in [0.25, 0.3) is 0 Å². The van der Waals surface area contributed by atoms with Gasteiger partial charge in [-0.1, -0.05) is 0 Å². The van der Waals surface area contributed by atoms with Crippen molar-refractivity contribution < 1.29 is 14.7 Å². The number of halogens is 1. The van der Waals surface area contributed by atoms with Crippen LogP contribution in [-0.2, 0) is 11.3 Å². The van der Waals surface area contributed by atoms with Crippen LogP contribution in [0.1, 0.15) is 5.56 Å². The summed E-state index contributed by atoms with van der Waals surface area (Å²) in [4.78, 5) is 4.44. The maximum atomic E-state index is 9.58. The first-order chi connectivity index (χ1) is 6.69. The molecule has 0 spiro atoms. The van der Waals surface area contributed by atoms with E-state index >= 15 is 0 Å². The van der Waals surface area contributed by atoms with Crippen LogP contribution in [0.4, 0.5) is 0 Å². The van der Waals surface area contributed by atoms with Crippen LogP contribution in [0.25, 0.3) is 0 Å². The monoisotopic (exact) mass is 261 g/mol. The van der Waals surface area contributed by atoms with Crippen molar-refractivity contribution in [3.05, 3.63) is 22.2 Å². The number of benzene rings is 1. The molecule has 1 rings (SSSR count). The quantitative estimate of drug-likeness (QED) is 0.809. The summed E-state index contributed by atoms with van der Waals surface area (Å²) in [6, 6.07) is 3.34. The first kappa shape index (κ1) is 11.3. The molecule has 78 valence electrons. The van der Waals surface area contributed by atoms with E-state index in [1.54, 1.807) is 19.2 Å². The van der Waals surface area contributed by atoms with Crippen molar-refractivity contribution in [3.8, 4) is 11.5 Å². The lowest BCUT2D eigenvalue weighted by Gasteiger charge is -2.08. The third-order valence-corrected chi connectivity index (χ3v) is 2.46. The summed E-state index contributed by atoms with van der Waals surface area (Å²) >= 11 is 3.33. The van der Waals surface area contributed by atoms with Crippen LogP contribution in [0.3, 0.4) is 0 Å². The minimum Gasteiger partial charge on any atom is -0.508 e. The van der Waals surface area contributed by atoms with Gasteiger partial charge in [-0.2, -0.15) is 0 Å². The molecule has 0 amide bonds. The number of phenolic OH excluding ortho intramolecular Hbond substituents is 1. The zero-order valence-corrected chi connectivity index (χ0v) is 9.37. The van der Waals surface area contributed by atoms with Crippen LogP contribution >= 0.6 is 15.9 Å². The molecule has 14 heavy (non-hydrogen) atoms. The Kier molecular flexibility index (Phi) is 4.19. The average Bonchev–Trinajstić information content (AvgIpc) is 2.18. The summed E-state index contributed by atoms with van der Waals surface area (Å²) in [6.07, 6.45) is 0.560. The van der Waals surface area contributed by atoms with Gasteiger partial charge in [0.2, 0.25) is 0 Å². The lowest BCUT2D eigenvalue weighted by atomic mass is 10.1. The maximum absolute atomic E-state index is 9.58. The Morgan fingerprint density at radius 1 is 1.50 bits per heavy atom. The normalized spacial score (nSPS) is 10.2. The molecule has 0 aliphatic rings. The minimum atomic E-state index is 0.183. The molecular weight excluding hydrogens is 250 g/mol. The van der Waals surface area contributed by atoms with Crippen LogP contribution < -0.4 is 10.6 Å². The number of nitrogens with two attached hydrogens (primary N) is 1. The molecule has 1 aromatic rings. The number of rotatable bonds is 4. The molecule has 0 bridgehead atoms. The van der Waals surface area contributed by atoms with Crippen molar-refractivity contribution in [2.45, 2.75) is 6.42 Å². The number of methoxy groups -OCH3 is 1. The molecule has 4 nitrogen and oxygen atoms in total. The lowest BCUT2D eigenvalue weighted by molar-refractivity contribution is 0.140. The molecule has 1 aromatic carbocycles. The Balaban J connectivity index is 2.90. The van der Waals surface area contributed by atoms with E-state index in [1.165, 1.54) is 0 Å². The first-order valence-electron chi connectivity index (χ1n) is 4.06. The molecule has 0 aromatic heterocycles. The van der Waals surface area contributed by atoms with E-state index in [1.807, 2.05) is 0 Å². The van der Waals surface area contributed by atoms with E-state index in [2.05, 4.69) is 20.8 Å². The van der Waals surface area contributed by atoms with E-state index < -0.39 is 0 Å². The number of hydrogen-bond acceptors (Lipinski definition) is 4. The Morgan fingerprint density at radius 3 is 2.79 bits per heavy atom. The number of phenols is 1. The Morgan fingerprint density at radius 2 is 2.21 bits per heavy atom. The topological polar surface area (TPSA) is 64.7 Å². The molecule has 0 radical (unpaired) electrons. The van der Waals surface area contributed by atoms with Crippen molar-refractivity contribution in [3.63, 3.8) is 0 Å². The second-order valence-corrected chi connectivity index (χ2v) is 3.59. The fourth-order valence-corrected chi connectivity index (χ4v) is 1.66. The summed E-state index contributed by atoms with van der Waals surface area (Å²) in [5.74, 6) is 5.68. The van der Waals surface area contributed by atoms with Gasteiger partial charge < -0.3 is 14.7 Å². The molecule has 0 fully saturated rings. The smallest absolute Gasteiger partial charge is 0.136 e. The van der Waals surface area contributed by atoms with Crippen molar-refractivity contribution in [1.82, 2.24) is 0 Å². The number of ether oxygens (including phenoxy) is 1. The predicted molar refractivity (Wildman–Crippen MR) is 56.2 cm³/mol. The summed E-state index contributed by atoms with van der Waals surface area (Å²) < 4.78 is 5.82. The maximum Gasteiger partial charge on any atom is 0.136 e. The van der Waals surface area contributed by atoms with Crippen LogP contribution in [0.5, 0.6) is 11.5 Å². The number of aromatic hydroxyl groups is 1. The highest BCUT2D eigenvalue weighted by atomic mass is 79.9. The third-order valence-electron chi connectivity index (χ3n) is 1.84. The van der Waals surface area contributed by atoms with Gasteiger partial charge >= 0.3 is 0 Å². The molecule has 0 aliphatic carbocycles. The van der Waals surface area contributed by atoms with Crippen LogP contribution in [0.2, 0.25) is 0 Å². The van der Waals surface area contributed by atoms with Crippen LogP contribution in [-0.4, -0.2) is 18.8 Å². The van der Waals surface area contributed by atoms with Crippen molar-refractivity contribution in [1.29, 1.82) is 0 Å². The summed E-state index contributed by atoms with van der Waals surface area (Å²) in [5.41, 5.74) is 0.767. The zero-order valence-electron chi connectivity index (χ0n) is 7.79. The van der Waals surface area contributed by atoms with Crippen molar-refractivity contribution in [2.24, 2.45) is 5.90 Å². The molecule has 3 N–H and O–H groups in total. The highest BCUT2D eigenvalue weighted by Crippen LogP contribution is 2.32. The van der Waals surface area contributed by atoms with Gasteiger partial charge in [0.15, 0.2) is 0 Å². The Bertz CT molecular complexity index is 317. The molecule has 0 saturated heterocycles. The lowest BCUT2D eigenvalue weighted by Crippen LogP contribution is -2.04. The van der Waals surface area contributed by atoms with Gasteiger partial charge in [0.1, 0.15) is 11.5 Å². The molecule has 0 unspecified atom stereocenters. The molecule has 0 heterocycles. The van der Waals surface area contributed by atoms with Crippen LogP contribution in [0, 0.1) is 0 Å². The average molecular weight is 262 g/mol. The van der Waals surface area contributed by atoms with Crippen molar-refractivity contribution in [2.75, 3.05) is 13.7 Å². The fourth-order valence-electron chi connectivity index (χ4n) is 1.11. The molecule has 0 saturated carbocycles. The highest BCUT2D eigenvalue weighted by molar-refractivity contribution is 9.10. The van der Waals surface area contributed by atoms with E-state index in [9.17, 15) is 5.11 Å². The first-order valence-corrected chi connectivity index (χ1v) is 4.85. The molecular formula is C9H12BrNO3. The largest absolute Gasteiger partial charge is 0.508 e. The van der Waals surface area contributed by atoms with Gasteiger partial charge in [0, 0.05) is 12.5 Å². The van der Waals surface area contributed by atoms with E-state index in [4.69, 9.17) is 10.6 Å². The Hall–Kier alpha value is -0.780. The SMILES string of the molecule is COc1cc(O)c(CCON)cc1Br. The van der Waals surface area contributed by atoms with E-state index in [-0.39, 0.29) is 5.75 Å². The van der Waals surface area contributed by atoms with Gasteiger partial charge in [-0.05, 0) is 27.6 Å². The highest BCUT2D eigenvalue weighted by Gasteiger charge is 2.07. The van der Waals surface area contributed by atoms with E-state index in [0.717, 1.165) is 10.0 Å². The third kappa shape index (κ3) is 2.60. The molecule has 0 atom stereocenters. The second-order valence-electron chi connectivity index (χ2n) is 2.74. The standard InChI is InChI=1S/C9H12BrNO3/c1-13-9-5-8(12)6(2-3-14-11)4-7(9)10/h4-5,12H,2-3,11H2,1H3. The Labute approximate surface area is 90.7 Å². The van der Waals surface area contributed by atoms with Crippen molar-refractivity contribution >= 4 is 15.9 Å². The molecule has 0 aliphatic heterocycles. The van der Waals surface area contributed by atoms with Gasteiger partial charge in [0.05, 0.1) is 18.2 Å². The number of hydrogen-bond donors (Lipinski definition) is 2. The zero-order chi connectivity index (χ0) is 10.6. The summed E-state index contributed by atoms with van der Waals surface area (Å²) in [6.45, 7) is 0.367. The summed E-state index contributed by atoms with van der Waals surface area (Å²) in [5, 5.41) is 9.58. The van der Waals surface area contributed by atoms with E-state index in [0.29, 0.717) is 18.8 Å². The fraction of sp³-hybridized carbons (Fsp3) is 0.333. The molecule has 5 heteroatoms. The van der Waals surface area contributed by atoms with Gasteiger partial charge in [-0.3, -0.25) is 0 Å². The minimum absolute atomic E-state index is 0.183. The summed E-state index contributed by atoms with van der Waals surface area (Å²) in [7, 11) is 1.54.